The van der Waals surface area contributed by atoms with E-state index in [0.29, 0.717) is 0 Å². The van der Waals surface area contributed by atoms with E-state index in [1.807, 2.05) is 12.1 Å². The van der Waals surface area contributed by atoms with Gasteiger partial charge in [-0.15, -0.1) is 0 Å². The largest absolute Gasteiger partial charge is 0.496 e. The van der Waals surface area contributed by atoms with Crippen LogP contribution in [0.4, 0.5) is 0 Å². The SMILES string of the molecule is COc1ccc(OC)c2c1C1CCC2C1(OC)OC. The minimum atomic E-state index is -0.565. The first-order chi connectivity index (χ1) is 9.23. The molecule has 2 aliphatic carbocycles. The lowest BCUT2D eigenvalue weighted by Gasteiger charge is -2.31. The quantitative estimate of drug-likeness (QED) is 0.783. The van der Waals surface area contributed by atoms with Crippen LogP contribution in [0.25, 0.3) is 0 Å². The Balaban J connectivity index is 2.23. The Hall–Kier alpha value is -1.26. The molecule has 0 spiro atoms. The Morgan fingerprint density at radius 1 is 0.842 bits per heavy atom. The smallest absolute Gasteiger partial charge is 0.181 e. The summed E-state index contributed by atoms with van der Waals surface area (Å²) in [5.41, 5.74) is 2.39. The molecule has 1 saturated carbocycles. The van der Waals surface area contributed by atoms with Gasteiger partial charge in [0.2, 0.25) is 0 Å². The predicted octanol–water partition coefficient (Wildman–Crippen LogP) is 2.67. The molecule has 19 heavy (non-hydrogen) atoms. The van der Waals surface area contributed by atoms with Gasteiger partial charge in [-0.3, -0.25) is 0 Å². The van der Waals surface area contributed by atoms with E-state index in [0.717, 1.165) is 24.3 Å². The Morgan fingerprint density at radius 2 is 1.26 bits per heavy atom. The number of hydrogen-bond acceptors (Lipinski definition) is 4. The molecule has 2 bridgehead atoms. The van der Waals surface area contributed by atoms with Crippen molar-refractivity contribution in [3.8, 4) is 11.5 Å². The van der Waals surface area contributed by atoms with Gasteiger partial charge in [-0.25, -0.2) is 0 Å². The third kappa shape index (κ3) is 1.41. The molecule has 104 valence electrons. The topological polar surface area (TPSA) is 36.9 Å². The highest BCUT2D eigenvalue weighted by Crippen LogP contribution is 2.65. The van der Waals surface area contributed by atoms with Crippen molar-refractivity contribution < 1.29 is 18.9 Å². The molecule has 0 aliphatic heterocycles. The predicted molar refractivity (Wildman–Crippen MR) is 71.0 cm³/mol. The molecular formula is C15H20O4. The molecule has 0 amide bonds. The average Bonchev–Trinajstić information content (AvgIpc) is 2.97. The van der Waals surface area contributed by atoms with Gasteiger partial charge in [0.05, 0.1) is 14.2 Å². The van der Waals surface area contributed by atoms with Gasteiger partial charge in [-0.05, 0) is 25.0 Å². The van der Waals surface area contributed by atoms with Crippen LogP contribution >= 0.6 is 0 Å². The zero-order chi connectivity index (χ0) is 13.6. The molecular weight excluding hydrogens is 244 g/mol. The fourth-order valence-corrected chi connectivity index (χ4v) is 3.99. The van der Waals surface area contributed by atoms with E-state index in [-0.39, 0.29) is 11.8 Å². The summed E-state index contributed by atoms with van der Waals surface area (Å²) in [5.74, 6) is 1.67. The summed E-state index contributed by atoms with van der Waals surface area (Å²) in [6, 6.07) is 3.93. The third-order valence-electron chi connectivity index (χ3n) is 4.70. The number of ether oxygens (including phenoxy) is 4. The number of methoxy groups -OCH3 is 4. The normalized spacial score (nSPS) is 26.3. The third-order valence-corrected chi connectivity index (χ3v) is 4.70. The second kappa shape index (κ2) is 4.39. The van der Waals surface area contributed by atoms with Crippen molar-refractivity contribution in [2.24, 2.45) is 0 Å². The Morgan fingerprint density at radius 3 is 1.58 bits per heavy atom. The average molecular weight is 264 g/mol. The minimum absolute atomic E-state index is 0.215. The second-order valence-corrected chi connectivity index (χ2v) is 5.11. The summed E-state index contributed by atoms with van der Waals surface area (Å²) in [6.07, 6.45) is 2.12. The van der Waals surface area contributed by atoms with Gasteiger partial charge in [0, 0.05) is 37.2 Å². The standard InChI is InChI=1S/C15H20O4/c1-16-11-7-8-12(17-2)14-10-6-5-9(13(11)14)15(10,18-3)19-4/h7-10H,5-6H2,1-4H3. The van der Waals surface area contributed by atoms with Crippen molar-refractivity contribution in [1.82, 2.24) is 0 Å². The minimum Gasteiger partial charge on any atom is -0.496 e. The molecule has 4 nitrogen and oxygen atoms in total. The molecule has 4 heteroatoms. The summed E-state index contributed by atoms with van der Waals surface area (Å²) in [4.78, 5) is 0. The summed E-state index contributed by atoms with van der Waals surface area (Å²) < 4.78 is 22.6. The zero-order valence-corrected chi connectivity index (χ0v) is 11.9. The Labute approximate surface area is 113 Å². The number of hydrogen-bond donors (Lipinski definition) is 0. The molecule has 0 N–H and O–H groups in total. The van der Waals surface area contributed by atoms with Crippen LogP contribution in [0.3, 0.4) is 0 Å². The molecule has 2 atom stereocenters. The molecule has 2 aliphatic rings. The van der Waals surface area contributed by atoms with E-state index >= 15 is 0 Å². The van der Waals surface area contributed by atoms with E-state index in [1.165, 1.54) is 11.1 Å². The molecule has 0 heterocycles. The van der Waals surface area contributed by atoms with Crippen LogP contribution < -0.4 is 9.47 Å². The molecule has 1 aromatic carbocycles. The summed E-state index contributed by atoms with van der Waals surface area (Å²) >= 11 is 0. The first-order valence-corrected chi connectivity index (χ1v) is 6.58. The Bertz CT molecular complexity index is 452. The van der Waals surface area contributed by atoms with E-state index in [4.69, 9.17) is 18.9 Å². The lowest BCUT2D eigenvalue weighted by atomic mass is 9.90. The Kier molecular flexibility index (Phi) is 2.95. The number of benzene rings is 1. The van der Waals surface area contributed by atoms with Crippen molar-refractivity contribution in [2.75, 3.05) is 28.4 Å². The van der Waals surface area contributed by atoms with Crippen molar-refractivity contribution in [1.29, 1.82) is 0 Å². The van der Waals surface area contributed by atoms with Crippen LogP contribution in [0.2, 0.25) is 0 Å². The lowest BCUT2D eigenvalue weighted by Crippen LogP contribution is -2.36. The molecule has 0 saturated heterocycles. The van der Waals surface area contributed by atoms with Crippen molar-refractivity contribution in [2.45, 2.75) is 30.5 Å². The van der Waals surface area contributed by atoms with Gasteiger partial charge in [-0.2, -0.15) is 0 Å². The van der Waals surface area contributed by atoms with Crippen LogP contribution in [0, 0.1) is 0 Å². The van der Waals surface area contributed by atoms with Gasteiger partial charge < -0.3 is 18.9 Å². The van der Waals surface area contributed by atoms with Gasteiger partial charge in [0.1, 0.15) is 11.5 Å². The van der Waals surface area contributed by atoms with E-state index in [2.05, 4.69) is 0 Å². The fraction of sp³-hybridized carbons (Fsp3) is 0.600. The molecule has 0 radical (unpaired) electrons. The van der Waals surface area contributed by atoms with Crippen LogP contribution in [0.5, 0.6) is 11.5 Å². The zero-order valence-electron chi connectivity index (χ0n) is 11.9. The molecule has 1 aromatic rings. The van der Waals surface area contributed by atoms with Crippen LogP contribution in [0.1, 0.15) is 35.8 Å². The van der Waals surface area contributed by atoms with Crippen molar-refractivity contribution in [3.05, 3.63) is 23.3 Å². The first-order valence-electron chi connectivity index (χ1n) is 6.58. The highest BCUT2D eigenvalue weighted by Gasteiger charge is 2.61. The maximum Gasteiger partial charge on any atom is 0.181 e. The molecule has 1 fully saturated rings. The molecule has 0 aromatic heterocycles. The van der Waals surface area contributed by atoms with Gasteiger partial charge in [0.15, 0.2) is 5.79 Å². The number of fused-ring (bicyclic) bond motifs is 5. The summed E-state index contributed by atoms with van der Waals surface area (Å²) in [6.45, 7) is 0. The first kappa shape index (κ1) is 12.8. The number of rotatable bonds is 4. The molecule has 3 rings (SSSR count). The van der Waals surface area contributed by atoms with E-state index in [1.54, 1.807) is 28.4 Å². The highest BCUT2D eigenvalue weighted by molar-refractivity contribution is 5.59. The van der Waals surface area contributed by atoms with Crippen molar-refractivity contribution in [3.63, 3.8) is 0 Å². The summed E-state index contributed by atoms with van der Waals surface area (Å²) in [5, 5.41) is 0. The van der Waals surface area contributed by atoms with Crippen LogP contribution in [-0.2, 0) is 9.47 Å². The maximum atomic E-state index is 5.78. The highest BCUT2D eigenvalue weighted by atomic mass is 16.7. The van der Waals surface area contributed by atoms with Crippen LogP contribution in [-0.4, -0.2) is 34.2 Å². The lowest BCUT2D eigenvalue weighted by molar-refractivity contribution is -0.214. The van der Waals surface area contributed by atoms with Crippen molar-refractivity contribution >= 4 is 0 Å². The summed E-state index contributed by atoms with van der Waals surface area (Å²) in [7, 11) is 6.85. The van der Waals surface area contributed by atoms with Crippen LogP contribution in [0.15, 0.2) is 12.1 Å². The van der Waals surface area contributed by atoms with E-state index < -0.39 is 5.79 Å². The maximum absolute atomic E-state index is 5.78. The van der Waals surface area contributed by atoms with Gasteiger partial charge >= 0.3 is 0 Å². The van der Waals surface area contributed by atoms with Gasteiger partial charge in [0.25, 0.3) is 0 Å². The monoisotopic (exact) mass is 264 g/mol. The molecule has 2 unspecified atom stereocenters. The van der Waals surface area contributed by atoms with Gasteiger partial charge in [-0.1, -0.05) is 0 Å². The van der Waals surface area contributed by atoms with E-state index in [9.17, 15) is 0 Å². The fourth-order valence-electron chi connectivity index (χ4n) is 3.99. The second-order valence-electron chi connectivity index (χ2n) is 5.11.